The summed E-state index contributed by atoms with van der Waals surface area (Å²) in [7, 11) is 1.81. The van der Waals surface area contributed by atoms with E-state index in [1.54, 1.807) is 24.9 Å². The van der Waals surface area contributed by atoms with Crippen molar-refractivity contribution >= 4 is 18.3 Å². The van der Waals surface area contributed by atoms with Gasteiger partial charge in [-0.05, 0) is 12.5 Å². The first-order chi connectivity index (χ1) is 10.8. The molecule has 1 aromatic heterocycles. The van der Waals surface area contributed by atoms with Crippen LogP contribution in [0.2, 0.25) is 0 Å². The van der Waals surface area contributed by atoms with Gasteiger partial charge in [-0.15, -0.1) is 12.4 Å². The van der Waals surface area contributed by atoms with Gasteiger partial charge in [-0.1, -0.05) is 0 Å². The van der Waals surface area contributed by atoms with Crippen molar-refractivity contribution in [3.63, 3.8) is 0 Å². The fraction of sp³-hybridized carbons (Fsp3) is 0.714. The van der Waals surface area contributed by atoms with Gasteiger partial charge in [-0.25, -0.2) is 0 Å². The molecule has 1 amide bonds. The van der Waals surface area contributed by atoms with Crippen LogP contribution in [0, 0.1) is 5.92 Å². The normalized spacial score (nSPS) is 22.0. The van der Waals surface area contributed by atoms with Crippen LogP contribution >= 0.6 is 12.4 Å². The fourth-order valence-corrected chi connectivity index (χ4v) is 2.68. The average Bonchev–Trinajstić information content (AvgIpc) is 3.04. The van der Waals surface area contributed by atoms with Crippen LogP contribution in [-0.2, 0) is 16.6 Å². The van der Waals surface area contributed by atoms with Crippen LogP contribution in [-0.4, -0.2) is 54.2 Å². The smallest absolute Gasteiger partial charge is 0.370 e. The highest BCUT2D eigenvalue weighted by atomic mass is 35.5. The molecule has 10 heteroatoms. The zero-order valence-corrected chi connectivity index (χ0v) is 14.3. The molecule has 2 N–H and O–H groups in total. The predicted molar refractivity (Wildman–Crippen MR) is 84.0 cm³/mol. The van der Waals surface area contributed by atoms with Crippen LogP contribution in [0.25, 0.3) is 0 Å². The van der Waals surface area contributed by atoms with E-state index in [4.69, 9.17) is 0 Å². The molecule has 6 nitrogen and oxygen atoms in total. The number of alkyl halides is 3. The molecule has 1 aliphatic heterocycles. The zero-order valence-electron chi connectivity index (χ0n) is 13.5. The van der Waals surface area contributed by atoms with Crippen molar-refractivity contribution < 1.29 is 22.7 Å². The number of nitrogens with zero attached hydrogens (tertiary/aromatic N) is 2. The molecule has 1 aromatic rings. The number of aryl methyl sites for hydroxylation is 1. The minimum Gasteiger partial charge on any atom is -0.370 e. The quantitative estimate of drug-likeness (QED) is 0.790. The largest absolute Gasteiger partial charge is 0.411 e. The third-order valence-corrected chi connectivity index (χ3v) is 3.73. The number of hydrogen-bond donors (Lipinski definition) is 2. The lowest BCUT2D eigenvalue weighted by Crippen LogP contribution is -2.42. The van der Waals surface area contributed by atoms with Gasteiger partial charge in [-0.3, -0.25) is 9.48 Å². The van der Waals surface area contributed by atoms with Gasteiger partial charge in [0, 0.05) is 38.3 Å². The molecule has 1 aliphatic rings. The molecule has 24 heavy (non-hydrogen) atoms. The molecular formula is C14H22ClF3N4O2. The number of rotatable bonds is 6. The highest BCUT2D eigenvalue weighted by Gasteiger charge is 2.35. The summed E-state index contributed by atoms with van der Waals surface area (Å²) in [6.45, 7) is 1.33. The molecule has 2 heterocycles. The number of hydrogen-bond acceptors (Lipinski definition) is 4. The average molecular weight is 371 g/mol. The van der Waals surface area contributed by atoms with Gasteiger partial charge in [0.25, 0.3) is 0 Å². The van der Waals surface area contributed by atoms with Gasteiger partial charge >= 0.3 is 6.18 Å². The molecule has 0 spiro atoms. The molecule has 138 valence electrons. The lowest BCUT2D eigenvalue weighted by atomic mass is 9.90. The highest BCUT2D eigenvalue weighted by Crippen LogP contribution is 2.28. The second kappa shape index (κ2) is 8.68. The molecule has 0 saturated carbocycles. The molecule has 0 bridgehead atoms. The lowest BCUT2D eigenvalue weighted by Gasteiger charge is -2.20. The van der Waals surface area contributed by atoms with Gasteiger partial charge in [0.05, 0.1) is 18.7 Å². The molecule has 1 saturated heterocycles. The molecule has 1 unspecified atom stereocenters. The molecule has 2 rings (SSSR count). The summed E-state index contributed by atoms with van der Waals surface area (Å²) in [4.78, 5) is 12.4. The maximum atomic E-state index is 12.4. The first-order valence-corrected chi connectivity index (χ1v) is 7.40. The summed E-state index contributed by atoms with van der Waals surface area (Å²) in [5.74, 6) is -0.455. The van der Waals surface area contributed by atoms with E-state index in [0.717, 1.165) is 5.56 Å². The predicted octanol–water partition coefficient (Wildman–Crippen LogP) is 1.23. The van der Waals surface area contributed by atoms with E-state index < -0.39 is 18.8 Å². The number of nitrogens with one attached hydrogen (secondary N) is 2. The van der Waals surface area contributed by atoms with Crippen LogP contribution < -0.4 is 10.6 Å². The second-order valence-electron chi connectivity index (χ2n) is 5.86. The second-order valence-corrected chi connectivity index (χ2v) is 5.86. The summed E-state index contributed by atoms with van der Waals surface area (Å²) in [6.07, 6.45) is -0.758. The Bertz CT molecular complexity index is 538. The minimum atomic E-state index is -4.36. The van der Waals surface area contributed by atoms with Crippen molar-refractivity contribution in [2.24, 2.45) is 13.0 Å². The minimum absolute atomic E-state index is 0. The number of ether oxygens (including phenoxy) is 1. The summed E-state index contributed by atoms with van der Waals surface area (Å²) < 4.78 is 42.3. The van der Waals surface area contributed by atoms with Crippen molar-refractivity contribution in [3.05, 3.63) is 18.0 Å². The van der Waals surface area contributed by atoms with Crippen molar-refractivity contribution in [2.45, 2.75) is 25.1 Å². The van der Waals surface area contributed by atoms with Crippen molar-refractivity contribution in [2.75, 3.05) is 26.3 Å². The summed E-state index contributed by atoms with van der Waals surface area (Å²) in [6, 6.07) is -0.486. The lowest BCUT2D eigenvalue weighted by molar-refractivity contribution is -0.175. The van der Waals surface area contributed by atoms with E-state index in [1.165, 1.54) is 0 Å². The van der Waals surface area contributed by atoms with Crippen LogP contribution in [0.5, 0.6) is 0 Å². The van der Waals surface area contributed by atoms with E-state index in [-0.39, 0.29) is 36.8 Å². The van der Waals surface area contributed by atoms with Crippen molar-refractivity contribution in [1.82, 2.24) is 20.4 Å². The molecule has 0 aliphatic carbocycles. The Balaban J connectivity index is 0.00000288. The first-order valence-electron chi connectivity index (χ1n) is 7.40. The summed E-state index contributed by atoms with van der Waals surface area (Å²) in [5, 5.41) is 10.00. The maximum absolute atomic E-state index is 12.4. The Kier molecular flexibility index (Phi) is 7.50. The van der Waals surface area contributed by atoms with Crippen molar-refractivity contribution in [3.8, 4) is 0 Å². The Labute approximate surface area is 144 Å². The third kappa shape index (κ3) is 5.95. The van der Waals surface area contributed by atoms with Gasteiger partial charge < -0.3 is 15.4 Å². The number of carbonyl (C=O) groups is 1. The topological polar surface area (TPSA) is 68.2 Å². The van der Waals surface area contributed by atoms with Crippen LogP contribution in [0.15, 0.2) is 12.4 Å². The Morgan fingerprint density at radius 3 is 2.83 bits per heavy atom. The number of carbonyl (C=O) groups excluding carboxylic acids is 1. The standard InChI is InChI=1S/C14H21F3N4O2.ClH/c1-9(7-23-8-14(15,16)17)20-13(22)12-5-18-4-11(12)10-3-19-21(2)6-10;/h3,6,9,11-12,18H,4-5,7-8H2,1-2H3,(H,20,22);1H/t9?,11-,12+;/m1./s1. The molecule has 3 atom stereocenters. The third-order valence-electron chi connectivity index (χ3n) is 3.73. The van der Waals surface area contributed by atoms with Gasteiger partial charge in [0.15, 0.2) is 0 Å². The number of halogens is 4. The van der Waals surface area contributed by atoms with E-state index >= 15 is 0 Å². The first kappa shape index (κ1) is 20.7. The maximum Gasteiger partial charge on any atom is 0.411 e. The van der Waals surface area contributed by atoms with Gasteiger partial charge in [-0.2, -0.15) is 18.3 Å². The van der Waals surface area contributed by atoms with E-state index in [9.17, 15) is 18.0 Å². The Morgan fingerprint density at radius 1 is 1.54 bits per heavy atom. The summed E-state index contributed by atoms with van der Waals surface area (Å²) >= 11 is 0. The summed E-state index contributed by atoms with van der Waals surface area (Å²) in [5.41, 5.74) is 0.971. The monoisotopic (exact) mass is 370 g/mol. The van der Waals surface area contributed by atoms with Crippen LogP contribution in [0.4, 0.5) is 13.2 Å². The molecule has 0 aromatic carbocycles. The molecular weight excluding hydrogens is 349 g/mol. The number of aromatic nitrogens is 2. The van der Waals surface area contributed by atoms with Crippen molar-refractivity contribution in [1.29, 1.82) is 0 Å². The molecule has 1 fully saturated rings. The zero-order chi connectivity index (χ0) is 17.0. The van der Waals surface area contributed by atoms with E-state index in [2.05, 4.69) is 20.5 Å². The van der Waals surface area contributed by atoms with E-state index in [1.807, 2.05) is 6.20 Å². The van der Waals surface area contributed by atoms with Crippen LogP contribution in [0.3, 0.4) is 0 Å². The Hall–Kier alpha value is -1.32. The fourth-order valence-electron chi connectivity index (χ4n) is 2.68. The van der Waals surface area contributed by atoms with Crippen LogP contribution in [0.1, 0.15) is 18.4 Å². The molecule has 0 radical (unpaired) electrons. The van der Waals surface area contributed by atoms with Gasteiger partial charge in [0.2, 0.25) is 5.91 Å². The SMILES string of the molecule is CC(COCC(F)(F)F)NC(=O)[C@H]1CNC[C@@H]1c1cnn(C)c1.Cl. The van der Waals surface area contributed by atoms with Gasteiger partial charge in [0.1, 0.15) is 6.61 Å². The number of amides is 1. The highest BCUT2D eigenvalue weighted by molar-refractivity contribution is 5.85. The Morgan fingerprint density at radius 2 is 2.25 bits per heavy atom. The van der Waals surface area contributed by atoms with E-state index in [0.29, 0.717) is 13.1 Å².